The number of aryl methyl sites for hydroxylation is 1. The molecule has 7 heteroatoms. The van der Waals surface area contributed by atoms with E-state index in [1.54, 1.807) is 0 Å². The molecule has 0 unspecified atom stereocenters. The van der Waals surface area contributed by atoms with Crippen molar-refractivity contribution < 1.29 is 4.74 Å². The predicted octanol–water partition coefficient (Wildman–Crippen LogP) is 3.80. The Labute approximate surface area is 137 Å². The summed E-state index contributed by atoms with van der Waals surface area (Å²) in [7, 11) is 0. The molecule has 0 bridgehead atoms. The second kappa shape index (κ2) is 7.61. The normalized spacial score (nSPS) is 10.6. The first-order valence-electron chi connectivity index (χ1n) is 6.97. The number of rotatable bonds is 7. The largest absolute Gasteiger partial charge is 0.492 e. The zero-order valence-electron chi connectivity index (χ0n) is 12.1. The fraction of sp³-hybridized carbons (Fsp3) is 0.429. The van der Waals surface area contributed by atoms with Crippen LogP contribution >= 0.6 is 28.1 Å². The van der Waals surface area contributed by atoms with Crippen LogP contribution in [0, 0.1) is 4.77 Å². The fourth-order valence-electron chi connectivity index (χ4n) is 1.88. The van der Waals surface area contributed by atoms with E-state index in [-0.39, 0.29) is 0 Å². The van der Waals surface area contributed by atoms with E-state index in [1.807, 2.05) is 29.8 Å². The fourth-order valence-corrected chi connectivity index (χ4v) is 2.64. The molecule has 0 spiro atoms. The van der Waals surface area contributed by atoms with Gasteiger partial charge in [0.2, 0.25) is 4.77 Å². The minimum absolute atomic E-state index is 0.578. The lowest BCUT2D eigenvalue weighted by Gasteiger charge is -2.11. The maximum atomic E-state index is 5.64. The van der Waals surface area contributed by atoms with E-state index < -0.39 is 0 Å². The third-order valence-electron chi connectivity index (χ3n) is 2.96. The number of hydrogen-bond donors (Lipinski definition) is 2. The van der Waals surface area contributed by atoms with Crippen LogP contribution in [0.15, 0.2) is 22.7 Å². The van der Waals surface area contributed by atoms with E-state index in [0.717, 1.165) is 41.1 Å². The topological polar surface area (TPSA) is 54.9 Å². The average molecular weight is 371 g/mol. The summed E-state index contributed by atoms with van der Waals surface area (Å²) in [4.78, 5) is 0. The van der Waals surface area contributed by atoms with Crippen LogP contribution in [-0.4, -0.2) is 21.5 Å². The van der Waals surface area contributed by atoms with Crippen LogP contribution in [0.3, 0.4) is 0 Å². The number of aromatic nitrogens is 3. The Bertz CT molecular complexity index is 653. The molecule has 0 aliphatic rings. The highest BCUT2D eigenvalue weighted by atomic mass is 79.9. The minimum atomic E-state index is 0.578. The molecule has 0 aliphatic carbocycles. The van der Waals surface area contributed by atoms with Gasteiger partial charge in [-0.25, -0.2) is 4.68 Å². The molecule has 0 saturated carbocycles. The summed E-state index contributed by atoms with van der Waals surface area (Å²) < 4.78 is 8.99. The molecule has 1 aromatic heterocycles. The lowest BCUT2D eigenvalue weighted by atomic mass is 10.2. The van der Waals surface area contributed by atoms with Gasteiger partial charge in [0.25, 0.3) is 0 Å². The van der Waals surface area contributed by atoms with Crippen LogP contribution in [0.25, 0.3) is 0 Å². The molecule has 2 aromatic rings. The molecule has 0 amide bonds. The smallest absolute Gasteiger partial charge is 0.214 e. The quantitative estimate of drug-likeness (QED) is 0.727. The third-order valence-corrected chi connectivity index (χ3v) is 3.85. The molecule has 21 heavy (non-hydrogen) atoms. The number of hydrogen-bond acceptors (Lipinski definition) is 4. The standard InChI is InChI=1S/C14H19BrN4OS/c1-3-7-20-12-6-5-10(8-11(12)15)9-16-19-13(4-2)17-18-14(19)21/h5-6,8,16H,3-4,7,9H2,1-2H3,(H,18,21). The zero-order chi connectivity index (χ0) is 15.2. The van der Waals surface area contributed by atoms with E-state index in [1.165, 1.54) is 0 Å². The molecule has 0 aliphatic heterocycles. The van der Waals surface area contributed by atoms with Gasteiger partial charge < -0.3 is 10.2 Å². The van der Waals surface area contributed by atoms with Crippen LogP contribution in [0.2, 0.25) is 0 Å². The summed E-state index contributed by atoms with van der Waals surface area (Å²) in [5.41, 5.74) is 4.41. The Morgan fingerprint density at radius 3 is 2.90 bits per heavy atom. The Balaban J connectivity index is 2.05. The number of benzene rings is 1. The SMILES string of the molecule is CCCOc1ccc(CNn2c(CC)n[nH]c2=S)cc1Br. The highest BCUT2D eigenvalue weighted by Gasteiger charge is 2.05. The number of ether oxygens (including phenoxy) is 1. The molecule has 0 radical (unpaired) electrons. The van der Waals surface area contributed by atoms with Crippen molar-refractivity contribution in [2.75, 3.05) is 12.0 Å². The van der Waals surface area contributed by atoms with Gasteiger partial charge in [-0.2, -0.15) is 5.10 Å². The Morgan fingerprint density at radius 1 is 1.43 bits per heavy atom. The lowest BCUT2D eigenvalue weighted by molar-refractivity contribution is 0.315. The maximum Gasteiger partial charge on any atom is 0.214 e. The Hall–Kier alpha value is -1.34. The second-order valence-corrected chi connectivity index (χ2v) is 5.82. The van der Waals surface area contributed by atoms with Crippen molar-refractivity contribution in [2.24, 2.45) is 0 Å². The van der Waals surface area contributed by atoms with Gasteiger partial charge in [0.05, 0.1) is 17.6 Å². The van der Waals surface area contributed by atoms with Gasteiger partial charge in [-0.1, -0.05) is 19.9 Å². The number of nitrogens with one attached hydrogen (secondary N) is 2. The highest BCUT2D eigenvalue weighted by Crippen LogP contribution is 2.26. The Kier molecular flexibility index (Phi) is 5.81. The molecule has 2 rings (SSSR count). The van der Waals surface area contributed by atoms with E-state index in [2.05, 4.69) is 38.5 Å². The summed E-state index contributed by atoms with van der Waals surface area (Å²) in [5.74, 6) is 1.76. The van der Waals surface area contributed by atoms with Crippen molar-refractivity contribution in [1.29, 1.82) is 0 Å². The third kappa shape index (κ3) is 4.07. The summed E-state index contributed by atoms with van der Waals surface area (Å²) in [5, 5.41) is 6.96. The first-order chi connectivity index (χ1) is 10.2. The molecular weight excluding hydrogens is 352 g/mol. The van der Waals surface area contributed by atoms with Crippen LogP contribution in [0.5, 0.6) is 5.75 Å². The average Bonchev–Trinajstić information content (AvgIpc) is 2.84. The Morgan fingerprint density at radius 2 is 2.24 bits per heavy atom. The van der Waals surface area contributed by atoms with Crippen LogP contribution < -0.4 is 10.2 Å². The molecule has 0 atom stereocenters. The lowest BCUT2D eigenvalue weighted by Crippen LogP contribution is -2.17. The van der Waals surface area contributed by atoms with Crippen molar-refractivity contribution in [3.63, 3.8) is 0 Å². The van der Waals surface area contributed by atoms with Crippen LogP contribution in [-0.2, 0) is 13.0 Å². The first kappa shape index (κ1) is 16.0. The summed E-state index contributed by atoms with van der Waals surface area (Å²) >= 11 is 8.74. The summed E-state index contributed by atoms with van der Waals surface area (Å²) in [6.45, 7) is 5.51. The second-order valence-electron chi connectivity index (χ2n) is 4.58. The van der Waals surface area contributed by atoms with Crippen LogP contribution in [0.1, 0.15) is 31.7 Å². The van der Waals surface area contributed by atoms with Crippen LogP contribution in [0.4, 0.5) is 0 Å². The van der Waals surface area contributed by atoms with Crippen molar-refractivity contribution >= 4 is 28.1 Å². The highest BCUT2D eigenvalue weighted by molar-refractivity contribution is 9.10. The molecule has 2 N–H and O–H groups in total. The van der Waals surface area contributed by atoms with E-state index in [9.17, 15) is 0 Å². The molecule has 1 aromatic carbocycles. The van der Waals surface area contributed by atoms with Gasteiger partial charge in [-0.05, 0) is 52.3 Å². The van der Waals surface area contributed by atoms with Crippen molar-refractivity contribution in [1.82, 2.24) is 14.9 Å². The molecule has 0 fully saturated rings. The molecule has 5 nitrogen and oxygen atoms in total. The van der Waals surface area contributed by atoms with Gasteiger partial charge in [0, 0.05) is 6.42 Å². The summed E-state index contributed by atoms with van der Waals surface area (Å²) in [6.07, 6.45) is 1.81. The van der Waals surface area contributed by atoms with Gasteiger partial charge in [0.1, 0.15) is 5.75 Å². The van der Waals surface area contributed by atoms with Crippen molar-refractivity contribution in [3.05, 3.63) is 38.8 Å². The summed E-state index contributed by atoms with van der Waals surface area (Å²) in [6, 6.07) is 6.07. The maximum absolute atomic E-state index is 5.64. The first-order valence-corrected chi connectivity index (χ1v) is 8.17. The predicted molar refractivity (Wildman–Crippen MR) is 89.8 cm³/mol. The molecule has 114 valence electrons. The van der Waals surface area contributed by atoms with Gasteiger partial charge in [-0.3, -0.25) is 5.10 Å². The van der Waals surface area contributed by atoms with Gasteiger partial charge in [0.15, 0.2) is 5.82 Å². The van der Waals surface area contributed by atoms with E-state index in [4.69, 9.17) is 17.0 Å². The van der Waals surface area contributed by atoms with Crippen molar-refractivity contribution in [2.45, 2.75) is 33.2 Å². The van der Waals surface area contributed by atoms with Crippen molar-refractivity contribution in [3.8, 4) is 5.75 Å². The zero-order valence-corrected chi connectivity index (χ0v) is 14.6. The molecule has 1 heterocycles. The molecule has 0 saturated heterocycles. The number of H-pyrrole nitrogens is 1. The van der Waals surface area contributed by atoms with E-state index >= 15 is 0 Å². The number of aromatic amines is 1. The number of halogens is 1. The minimum Gasteiger partial charge on any atom is -0.492 e. The van der Waals surface area contributed by atoms with Gasteiger partial charge in [-0.15, -0.1) is 0 Å². The molecular formula is C14H19BrN4OS. The number of nitrogens with zero attached hydrogens (tertiary/aromatic N) is 2. The van der Waals surface area contributed by atoms with E-state index in [0.29, 0.717) is 11.3 Å². The van der Waals surface area contributed by atoms with Gasteiger partial charge >= 0.3 is 0 Å². The monoisotopic (exact) mass is 370 g/mol.